The maximum Gasteiger partial charge on any atom is 0.323 e. The Kier molecular flexibility index (Phi) is 9.08. The summed E-state index contributed by atoms with van der Waals surface area (Å²) in [4.78, 5) is 27.9. The number of hydrogen-bond donors (Lipinski definition) is 3. The number of rotatable bonds is 8. The van der Waals surface area contributed by atoms with E-state index in [2.05, 4.69) is 10.6 Å². The van der Waals surface area contributed by atoms with Crippen LogP contribution in [0.3, 0.4) is 0 Å². The molecular weight excluding hydrogens is 532 g/mol. The van der Waals surface area contributed by atoms with Gasteiger partial charge in [0, 0.05) is 30.9 Å². The van der Waals surface area contributed by atoms with Gasteiger partial charge in [-0.25, -0.2) is 13.2 Å². The van der Waals surface area contributed by atoms with Crippen molar-refractivity contribution < 1.29 is 27.9 Å². The van der Waals surface area contributed by atoms with Crippen molar-refractivity contribution in [3.63, 3.8) is 0 Å². The largest absolute Gasteiger partial charge is 0.488 e. The van der Waals surface area contributed by atoms with Gasteiger partial charge in [0.15, 0.2) is 0 Å². The van der Waals surface area contributed by atoms with Crippen LogP contribution in [0.4, 0.5) is 16.2 Å². The van der Waals surface area contributed by atoms with Crippen molar-refractivity contribution in [3.05, 3.63) is 84.4 Å². The Hall–Kier alpha value is -3.93. The number of nitrogens with one attached hydrogen (secondary N) is 2. The average Bonchev–Trinajstić information content (AvgIpc) is 2.95. The Morgan fingerprint density at radius 2 is 1.68 bits per heavy atom. The highest BCUT2D eigenvalue weighted by molar-refractivity contribution is 7.89. The van der Waals surface area contributed by atoms with Gasteiger partial charge in [-0.15, -0.1) is 0 Å². The van der Waals surface area contributed by atoms with Crippen molar-refractivity contribution in [1.82, 2.24) is 9.21 Å². The first kappa shape index (κ1) is 29.1. The van der Waals surface area contributed by atoms with Gasteiger partial charge < -0.3 is 25.4 Å². The van der Waals surface area contributed by atoms with Crippen LogP contribution in [0.2, 0.25) is 0 Å². The van der Waals surface area contributed by atoms with Crippen molar-refractivity contribution in [1.29, 1.82) is 0 Å². The van der Waals surface area contributed by atoms with E-state index in [9.17, 15) is 23.1 Å². The van der Waals surface area contributed by atoms with E-state index in [1.54, 1.807) is 66.4 Å². The van der Waals surface area contributed by atoms with Gasteiger partial charge in [-0.1, -0.05) is 43.3 Å². The number of hydrogen-bond acceptors (Lipinski definition) is 6. The number of aliphatic hydroxyl groups excluding tert-OH is 1. The third kappa shape index (κ3) is 6.61. The predicted octanol–water partition coefficient (Wildman–Crippen LogP) is 3.87. The summed E-state index contributed by atoms with van der Waals surface area (Å²) in [7, 11) is -2.28. The predicted molar refractivity (Wildman–Crippen MR) is 153 cm³/mol. The molecule has 1 aliphatic rings. The van der Waals surface area contributed by atoms with Gasteiger partial charge in [-0.05, 0) is 49.4 Å². The Balaban J connectivity index is 1.62. The lowest BCUT2D eigenvalue weighted by Gasteiger charge is -2.38. The monoisotopic (exact) mass is 566 g/mol. The van der Waals surface area contributed by atoms with E-state index in [4.69, 9.17) is 4.74 Å². The number of nitrogens with zero attached hydrogens (tertiary/aromatic N) is 2. The lowest BCUT2D eigenvalue weighted by Crippen LogP contribution is -2.50. The van der Waals surface area contributed by atoms with E-state index in [1.807, 2.05) is 13.0 Å². The molecule has 0 bridgehead atoms. The fourth-order valence-corrected chi connectivity index (χ4v) is 5.66. The number of fused-ring (bicyclic) bond motifs is 1. The minimum atomic E-state index is -3.77. The molecule has 0 aromatic heterocycles. The molecule has 4 rings (SSSR count). The van der Waals surface area contributed by atoms with E-state index in [0.717, 1.165) is 0 Å². The number of carbonyl (C=O) groups is 2. The molecule has 0 spiro atoms. The van der Waals surface area contributed by atoms with Crippen molar-refractivity contribution in [2.45, 2.75) is 30.9 Å². The van der Waals surface area contributed by atoms with Gasteiger partial charge in [0.05, 0.1) is 29.7 Å². The Morgan fingerprint density at radius 3 is 2.33 bits per heavy atom. The average molecular weight is 567 g/mol. The van der Waals surface area contributed by atoms with Crippen LogP contribution in [0, 0.1) is 5.92 Å². The number of para-hydroxylation sites is 1. The molecule has 3 aromatic rings. The standard InChI is InChI=1S/C29H34N4O6S/c1-20-17-33(21(2)19-34)28(35)25-16-23(31-29(36)30-22-10-6-4-7-11-22)14-15-26(25)39-27(20)18-32(3)40(37,38)24-12-8-5-9-13-24/h4-16,20-21,27,34H,17-19H2,1-3H3,(H2,30,31,36)/t20-,21+,27-/m0/s1. The number of ether oxygens (including phenoxy) is 1. The van der Waals surface area contributed by atoms with Crippen LogP contribution in [-0.4, -0.2) is 73.6 Å². The molecule has 212 valence electrons. The van der Waals surface area contributed by atoms with Crippen LogP contribution in [0.15, 0.2) is 83.8 Å². The summed E-state index contributed by atoms with van der Waals surface area (Å²) >= 11 is 0. The van der Waals surface area contributed by atoms with E-state index >= 15 is 0 Å². The smallest absolute Gasteiger partial charge is 0.323 e. The fraction of sp³-hybridized carbons (Fsp3) is 0.310. The Bertz CT molecular complexity index is 1440. The fourth-order valence-electron chi connectivity index (χ4n) is 4.46. The van der Waals surface area contributed by atoms with Gasteiger partial charge in [0.25, 0.3) is 5.91 Å². The summed E-state index contributed by atoms with van der Waals surface area (Å²) < 4.78 is 33.9. The van der Waals surface area contributed by atoms with Crippen molar-refractivity contribution in [3.8, 4) is 5.75 Å². The first-order valence-corrected chi connectivity index (χ1v) is 14.4. The van der Waals surface area contributed by atoms with Gasteiger partial charge in [-0.2, -0.15) is 4.31 Å². The molecule has 11 heteroatoms. The lowest BCUT2D eigenvalue weighted by molar-refractivity contribution is 0.0387. The van der Waals surface area contributed by atoms with Crippen LogP contribution < -0.4 is 15.4 Å². The summed E-state index contributed by atoms with van der Waals surface area (Å²) in [5.74, 6) is -0.371. The van der Waals surface area contributed by atoms with Gasteiger partial charge in [0.1, 0.15) is 11.9 Å². The van der Waals surface area contributed by atoms with Crippen LogP contribution in [0.25, 0.3) is 0 Å². The van der Waals surface area contributed by atoms with Crippen molar-refractivity contribution in [2.24, 2.45) is 5.92 Å². The highest BCUT2D eigenvalue weighted by Gasteiger charge is 2.35. The third-order valence-corrected chi connectivity index (χ3v) is 8.68. The molecule has 0 aliphatic carbocycles. The quantitative estimate of drug-likeness (QED) is 0.380. The minimum Gasteiger partial charge on any atom is -0.488 e. The number of aliphatic hydroxyl groups is 1. The van der Waals surface area contributed by atoms with E-state index < -0.39 is 28.2 Å². The highest BCUT2D eigenvalue weighted by atomic mass is 32.2. The Labute approximate surface area is 234 Å². The maximum atomic E-state index is 13.6. The maximum absolute atomic E-state index is 13.6. The number of carbonyl (C=O) groups excluding carboxylic acids is 2. The number of amides is 3. The topological polar surface area (TPSA) is 128 Å². The number of likely N-dealkylation sites (N-methyl/N-ethyl adjacent to an activating group) is 1. The van der Waals surface area contributed by atoms with E-state index in [0.29, 0.717) is 11.4 Å². The molecule has 0 saturated carbocycles. The second-order valence-corrected chi connectivity index (χ2v) is 11.9. The first-order valence-electron chi connectivity index (χ1n) is 13.0. The second-order valence-electron chi connectivity index (χ2n) is 9.88. The Morgan fingerprint density at radius 1 is 1.05 bits per heavy atom. The molecule has 0 radical (unpaired) electrons. The summed E-state index contributed by atoms with van der Waals surface area (Å²) in [5, 5.41) is 15.3. The zero-order valence-corrected chi connectivity index (χ0v) is 23.5. The molecule has 40 heavy (non-hydrogen) atoms. The summed E-state index contributed by atoms with van der Waals surface area (Å²) in [6, 6.07) is 20.8. The van der Waals surface area contributed by atoms with Crippen molar-refractivity contribution >= 4 is 33.3 Å². The lowest BCUT2D eigenvalue weighted by atomic mass is 9.99. The SMILES string of the molecule is C[C@H](CO)N1C[C@H](C)[C@H](CN(C)S(=O)(=O)c2ccccc2)Oc2ccc(NC(=O)Nc3ccccc3)cc2C1=O. The van der Waals surface area contributed by atoms with Crippen LogP contribution in [0.1, 0.15) is 24.2 Å². The van der Waals surface area contributed by atoms with Gasteiger partial charge in [-0.3, -0.25) is 4.79 Å². The second kappa shape index (κ2) is 12.5. The summed E-state index contributed by atoms with van der Waals surface area (Å²) in [6.07, 6.45) is -0.607. The molecule has 3 N–H and O–H groups in total. The van der Waals surface area contributed by atoms with Crippen molar-refractivity contribution in [2.75, 3.05) is 37.4 Å². The summed E-state index contributed by atoms with van der Waals surface area (Å²) in [6.45, 7) is 3.64. The molecule has 0 fully saturated rings. The number of benzene rings is 3. The number of anilines is 2. The van der Waals surface area contributed by atoms with E-state index in [-0.39, 0.29) is 47.7 Å². The zero-order valence-electron chi connectivity index (χ0n) is 22.7. The molecular formula is C29H34N4O6S. The van der Waals surface area contributed by atoms with E-state index in [1.165, 1.54) is 29.6 Å². The molecule has 3 atom stereocenters. The van der Waals surface area contributed by atoms with Gasteiger partial charge in [0.2, 0.25) is 10.0 Å². The van der Waals surface area contributed by atoms with Gasteiger partial charge >= 0.3 is 6.03 Å². The molecule has 0 saturated heterocycles. The number of sulfonamides is 1. The van der Waals surface area contributed by atoms with Crippen LogP contribution in [-0.2, 0) is 10.0 Å². The molecule has 3 amide bonds. The molecule has 0 unspecified atom stereocenters. The van der Waals surface area contributed by atoms with Crippen LogP contribution >= 0.6 is 0 Å². The third-order valence-electron chi connectivity index (χ3n) is 6.84. The molecule has 10 nitrogen and oxygen atoms in total. The highest BCUT2D eigenvalue weighted by Crippen LogP contribution is 2.31. The normalized spacial score (nSPS) is 18.2. The zero-order chi connectivity index (χ0) is 28.9. The molecule has 3 aromatic carbocycles. The summed E-state index contributed by atoms with van der Waals surface area (Å²) in [5.41, 5.74) is 1.18. The van der Waals surface area contributed by atoms with Crippen LogP contribution in [0.5, 0.6) is 5.75 Å². The molecule has 1 heterocycles. The number of urea groups is 1. The molecule has 1 aliphatic heterocycles. The minimum absolute atomic E-state index is 0.0346. The first-order chi connectivity index (χ1) is 19.1.